The number of nitrogens with zero attached hydrogens (tertiary/aromatic N) is 2. The number of hydrogen-bond acceptors (Lipinski definition) is 4. The molecule has 1 heterocycles. The molecule has 1 amide bonds. The van der Waals surface area contributed by atoms with Gasteiger partial charge >= 0.3 is 0 Å². The van der Waals surface area contributed by atoms with Gasteiger partial charge in [0.05, 0.1) is 18.4 Å². The van der Waals surface area contributed by atoms with Crippen molar-refractivity contribution in [2.75, 3.05) is 18.2 Å². The summed E-state index contributed by atoms with van der Waals surface area (Å²) in [5.74, 6) is 0.750. The molecular weight excluding hydrogens is 389 g/mol. The Labute approximate surface area is 173 Å². The van der Waals surface area contributed by atoms with Crippen molar-refractivity contribution in [2.45, 2.75) is 18.7 Å². The quantitative estimate of drug-likeness (QED) is 0.592. The maximum absolute atomic E-state index is 13.3. The van der Waals surface area contributed by atoms with Gasteiger partial charge in [-0.05, 0) is 67.9 Å². The van der Waals surface area contributed by atoms with Crippen molar-refractivity contribution < 1.29 is 13.9 Å². The molecular formula is C22H20FN3O2S. The van der Waals surface area contributed by atoms with Crippen molar-refractivity contribution >= 4 is 23.5 Å². The normalized spacial score (nSPS) is 10.4. The standard InChI is InChI=1S/C22H20FN3O2S/c1-14-15(2)26(17-6-4-16(23)5-7-17)22(20(14)12-24)25-21(27)13-29-19-10-8-18(28-3)9-11-19/h4-11H,13H2,1-3H3,(H,25,27). The van der Waals surface area contributed by atoms with E-state index in [2.05, 4.69) is 11.4 Å². The number of carbonyl (C=O) groups excluding carboxylic acids is 1. The van der Waals surface area contributed by atoms with Crippen LogP contribution < -0.4 is 10.1 Å². The number of benzene rings is 2. The molecule has 29 heavy (non-hydrogen) atoms. The average Bonchev–Trinajstić information content (AvgIpc) is 2.97. The lowest BCUT2D eigenvalue weighted by molar-refractivity contribution is -0.113. The van der Waals surface area contributed by atoms with Crippen LogP contribution >= 0.6 is 11.8 Å². The van der Waals surface area contributed by atoms with E-state index >= 15 is 0 Å². The molecule has 5 nitrogen and oxygen atoms in total. The molecule has 2 aromatic carbocycles. The number of amides is 1. The summed E-state index contributed by atoms with van der Waals surface area (Å²) < 4.78 is 20.2. The molecule has 0 aliphatic carbocycles. The van der Waals surface area contributed by atoms with Crippen LogP contribution in [0.25, 0.3) is 5.69 Å². The minimum absolute atomic E-state index is 0.184. The fraction of sp³-hybridized carbons (Fsp3) is 0.182. The second-order valence-corrected chi connectivity index (χ2v) is 7.42. The zero-order valence-electron chi connectivity index (χ0n) is 16.3. The van der Waals surface area contributed by atoms with Crippen LogP contribution in [-0.4, -0.2) is 23.3 Å². The van der Waals surface area contributed by atoms with Gasteiger partial charge in [0.15, 0.2) is 0 Å². The summed E-state index contributed by atoms with van der Waals surface area (Å²) in [6.07, 6.45) is 0. The summed E-state index contributed by atoms with van der Waals surface area (Å²) in [7, 11) is 1.60. The Kier molecular flexibility index (Phi) is 6.25. The molecule has 0 radical (unpaired) electrons. The molecule has 148 valence electrons. The fourth-order valence-corrected chi connectivity index (χ4v) is 3.66. The lowest BCUT2D eigenvalue weighted by Crippen LogP contribution is -2.17. The predicted molar refractivity (Wildman–Crippen MR) is 112 cm³/mol. The number of aromatic nitrogens is 1. The summed E-state index contributed by atoms with van der Waals surface area (Å²) in [5, 5.41) is 12.5. The number of anilines is 1. The minimum atomic E-state index is -0.350. The van der Waals surface area contributed by atoms with E-state index in [0.717, 1.165) is 21.9 Å². The SMILES string of the molecule is COc1ccc(SCC(=O)Nc2c(C#N)c(C)c(C)n2-c2ccc(F)cc2)cc1. The number of thioether (sulfide) groups is 1. The Balaban J connectivity index is 1.83. The Hall–Kier alpha value is -3.24. The molecule has 1 N–H and O–H groups in total. The number of nitriles is 1. The first-order valence-electron chi connectivity index (χ1n) is 8.89. The van der Waals surface area contributed by atoms with Crippen LogP contribution in [0.1, 0.15) is 16.8 Å². The van der Waals surface area contributed by atoms with Crippen LogP contribution in [0.15, 0.2) is 53.4 Å². The predicted octanol–water partition coefficient (Wildman–Crippen LogP) is 4.84. The molecule has 7 heteroatoms. The second-order valence-electron chi connectivity index (χ2n) is 6.37. The first-order chi connectivity index (χ1) is 13.9. The van der Waals surface area contributed by atoms with Crippen LogP contribution in [0.2, 0.25) is 0 Å². The van der Waals surface area contributed by atoms with Gasteiger partial charge in [0.2, 0.25) is 5.91 Å². The van der Waals surface area contributed by atoms with Crippen LogP contribution in [0, 0.1) is 31.0 Å². The molecule has 0 unspecified atom stereocenters. The van der Waals surface area contributed by atoms with Gasteiger partial charge in [0.1, 0.15) is 23.5 Å². The van der Waals surface area contributed by atoms with Gasteiger partial charge in [-0.15, -0.1) is 11.8 Å². The van der Waals surface area contributed by atoms with Gasteiger partial charge in [0.25, 0.3) is 0 Å². The highest BCUT2D eigenvalue weighted by Crippen LogP contribution is 2.30. The lowest BCUT2D eigenvalue weighted by atomic mass is 10.2. The Bertz CT molecular complexity index is 1070. The van der Waals surface area contributed by atoms with Gasteiger partial charge < -0.3 is 10.1 Å². The molecule has 0 bridgehead atoms. The van der Waals surface area contributed by atoms with Crippen LogP contribution in [0.3, 0.4) is 0 Å². The van der Waals surface area contributed by atoms with Crippen molar-refractivity contribution in [1.82, 2.24) is 4.57 Å². The van der Waals surface area contributed by atoms with Crippen molar-refractivity contribution in [3.05, 3.63) is 71.2 Å². The zero-order valence-corrected chi connectivity index (χ0v) is 17.1. The maximum atomic E-state index is 13.3. The largest absolute Gasteiger partial charge is 0.497 e. The first kappa shape index (κ1) is 20.5. The van der Waals surface area contributed by atoms with Crippen LogP contribution in [-0.2, 0) is 4.79 Å². The molecule has 0 fully saturated rings. The zero-order chi connectivity index (χ0) is 21.0. The van der Waals surface area contributed by atoms with E-state index in [9.17, 15) is 14.4 Å². The van der Waals surface area contributed by atoms with E-state index in [0.29, 0.717) is 17.1 Å². The van der Waals surface area contributed by atoms with Gasteiger partial charge in [-0.3, -0.25) is 9.36 Å². The fourth-order valence-electron chi connectivity index (χ4n) is 2.96. The van der Waals surface area contributed by atoms with Gasteiger partial charge in [-0.25, -0.2) is 4.39 Å². The van der Waals surface area contributed by atoms with E-state index < -0.39 is 0 Å². The van der Waals surface area contributed by atoms with Gasteiger partial charge in [0, 0.05) is 16.3 Å². The summed E-state index contributed by atoms with van der Waals surface area (Å²) in [6, 6.07) is 15.5. The summed E-state index contributed by atoms with van der Waals surface area (Å²) >= 11 is 1.39. The monoisotopic (exact) mass is 409 g/mol. The highest BCUT2D eigenvalue weighted by molar-refractivity contribution is 8.00. The van der Waals surface area contributed by atoms with E-state index in [-0.39, 0.29) is 17.5 Å². The highest BCUT2D eigenvalue weighted by Gasteiger charge is 2.20. The van der Waals surface area contributed by atoms with E-state index in [1.165, 1.54) is 23.9 Å². The highest BCUT2D eigenvalue weighted by atomic mass is 32.2. The number of ether oxygens (including phenoxy) is 1. The van der Waals surface area contributed by atoms with E-state index in [1.54, 1.807) is 23.8 Å². The van der Waals surface area contributed by atoms with Crippen LogP contribution in [0.5, 0.6) is 5.75 Å². The maximum Gasteiger partial charge on any atom is 0.235 e. The summed E-state index contributed by atoms with van der Waals surface area (Å²) in [4.78, 5) is 13.5. The number of rotatable bonds is 6. The molecule has 1 aromatic heterocycles. The lowest BCUT2D eigenvalue weighted by Gasteiger charge is -2.13. The Morgan fingerprint density at radius 2 is 1.83 bits per heavy atom. The molecule has 0 aliphatic heterocycles. The third-order valence-corrected chi connectivity index (χ3v) is 5.61. The first-order valence-corrected chi connectivity index (χ1v) is 9.87. The number of carbonyl (C=O) groups is 1. The third-order valence-electron chi connectivity index (χ3n) is 4.60. The molecule has 0 aliphatic rings. The number of hydrogen-bond donors (Lipinski definition) is 1. The minimum Gasteiger partial charge on any atom is -0.497 e. The van der Waals surface area contributed by atoms with Gasteiger partial charge in [-0.1, -0.05) is 0 Å². The van der Waals surface area contributed by atoms with Crippen molar-refractivity contribution in [3.8, 4) is 17.5 Å². The number of halogens is 1. The molecule has 3 aromatic rings. The van der Waals surface area contributed by atoms with Crippen LogP contribution in [0.4, 0.5) is 10.2 Å². The number of methoxy groups -OCH3 is 1. The van der Waals surface area contributed by atoms with Crippen molar-refractivity contribution in [1.29, 1.82) is 5.26 Å². The molecule has 3 rings (SSSR count). The molecule has 0 atom stereocenters. The average molecular weight is 409 g/mol. The second kappa shape index (κ2) is 8.84. The molecule has 0 spiro atoms. The van der Waals surface area contributed by atoms with E-state index in [4.69, 9.17) is 4.74 Å². The Morgan fingerprint density at radius 1 is 1.17 bits per heavy atom. The summed E-state index contributed by atoms with van der Waals surface area (Å²) in [6.45, 7) is 3.69. The van der Waals surface area contributed by atoms with Crippen molar-refractivity contribution in [3.63, 3.8) is 0 Å². The smallest absolute Gasteiger partial charge is 0.235 e. The molecule has 0 saturated carbocycles. The Morgan fingerprint density at radius 3 is 2.41 bits per heavy atom. The topological polar surface area (TPSA) is 67.0 Å². The third kappa shape index (κ3) is 4.44. The molecule has 0 saturated heterocycles. The van der Waals surface area contributed by atoms with Crippen molar-refractivity contribution in [2.24, 2.45) is 0 Å². The number of nitrogens with one attached hydrogen (secondary N) is 1. The van der Waals surface area contributed by atoms with E-state index in [1.807, 2.05) is 38.1 Å². The van der Waals surface area contributed by atoms with Gasteiger partial charge in [-0.2, -0.15) is 5.26 Å². The summed E-state index contributed by atoms with van der Waals surface area (Å²) in [5.41, 5.74) is 2.66.